The van der Waals surface area contributed by atoms with Crippen molar-refractivity contribution in [2.24, 2.45) is 5.92 Å². The average Bonchev–Trinajstić information content (AvgIpc) is 2.38. The van der Waals surface area contributed by atoms with Crippen LogP contribution in [-0.2, 0) is 14.8 Å². The van der Waals surface area contributed by atoms with E-state index < -0.39 is 10.0 Å². The Bertz CT molecular complexity index is 498. The average molecular weight is 290 g/mol. The van der Waals surface area contributed by atoms with E-state index in [1.807, 2.05) is 0 Å². The lowest BCUT2D eigenvalue weighted by molar-refractivity contribution is 0.0678. The summed E-state index contributed by atoms with van der Waals surface area (Å²) < 4.78 is 32.0. The van der Waals surface area contributed by atoms with Crippen molar-refractivity contribution in [3.63, 3.8) is 0 Å². The lowest BCUT2D eigenvalue weighted by Crippen LogP contribution is -2.32. The normalized spacial score (nSPS) is 17.8. The zero-order valence-corrected chi connectivity index (χ0v) is 11.5. The number of sulfonamides is 1. The molecule has 0 radical (unpaired) electrons. The van der Waals surface area contributed by atoms with Gasteiger partial charge in [-0.3, -0.25) is 0 Å². The summed E-state index contributed by atoms with van der Waals surface area (Å²) in [6.07, 6.45) is 1.79. The Kier molecular flexibility index (Phi) is 4.61. The van der Waals surface area contributed by atoms with Crippen LogP contribution >= 0.6 is 11.6 Å². The number of rotatable bonds is 4. The smallest absolute Gasteiger partial charge is 0.242 e. The molecule has 1 fully saturated rings. The van der Waals surface area contributed by atoms with Crippen LogP contribution in [0, 0.1) is 5.92 Å². The van der Waals surface area contributed by atoms with Gasteiger partial charge in [0.05, 0.1) is 5.02 Å². The van der Waals surface area contributed by atoms with Crippen LogP contribution in [0.1, 0.15) is 12.8 Å². The lowest BCUT2D eigenvalue weighted by atomic mass is 10.0. The van der Waals surface area contributed by atoms with Crippen LogP contribution in [0.15, 0.2) is 29.2 Å². The second-order valence-corrected chi connectivity index (χ2v) is 6.48. The zero-order chi connectivity index (χ0) is 13.0. The standard InChI is InChI=1S/C12H16ClNO3S/c13-11-3-1-2-4-12(11)18(15,16)14-9-10-5-7-17-8-6-10/h1-4,10,14H,5-9H2. The van der Waals surface area contributed by atoms with Crippen LogP contribution in [0.5, 0.6) is 0 Å². The van der Waals surface area contributed by atoms with Crippen LogP contribution < -0.4 is 4.72 Å². The molecule has 1 aliphatic rings. The van der Waals surface area contributed by atoms with Crippen LogP contribution in [0.3, 0.4) is 0 Å². The Morgan fingerprint density at radius 1 is 1.28 bits per heavy atom. The summed E-state index contributed by atoms with van der Waals surface area (Å²) in [5.74, 6) is 0.344. The molecule has 0 amide bonds. The van der Waals surface area contributed by atoms with Gasteiger partial charge in [0.25, 0.3) is 0 Å². The summed E-state index contributed by atoms with van der Waals surface area (Å²) in [7, 11) is -3.51. The van der Waals surface area contributed by atoms with Crippen molar-refractivity contribution in [1.29, 1.82) is 0 Å². The first-order valence-corrected chi connectivity index (χ1v) is 7.77. The number of benzene rings is 1. The highest BCUT2D eigenvalue weighted by Crippen LogP contribution is 2.21. The van der Waals surface area contributed by atoms with E-state index in [0.717, 1.165) is 12.8 Å². The second kappa shape index (κ2) is 6.02. The van der Waals surface area contributed by atoms with Crippen molar-refractivity contribution in [2.45, 2.75) is 17.7 Å². The molecule has 18 heavy (non-hydrogen) atoms. The lowest BCUT2D eigenvalue weighted by Gasteiger charge is -2.22. The number of hydrogen-bond acceptors (Lipinski definition) is 3. The molecule has 1 aromatic carbocycles. The fourth-order valence-electron chi connectivity index (χ4n) is 1.92. The fourth-order valence-corrected chi connectivity index (χ4v) is 3.55. The molecule has 1 N–H and O–H groups in total. The van der Waals surface area contributed by atoms with Gasteiger partial charge in [0, 0.05) is 19.8 Å². The third-order valence-electron chi connectivity index (χ3n) is 3.03. The van der Waals surface area contributed by atoms with Crippen LogP contribution in [-0.4, -0.2) is 28.2 Å². The van der Waals surface area contributed by atoms with Gasteiger partial charge in [-0.2, -0.15) is 0 Å². The Morgan fingerprint density at radius 3 is 2.61 bits per heavy atom. The predicted molar refractivity (Wildman–Crippen MR) is 70.2 cm³/mol. The van der Waals surface area contributed by atoms with E-state index in [1.54, 1.807) is 18.2 Å². The molecule has 0 aromatic heterocycles. The molecule has 4 nitrogen and oxygen atoms in total. The summed E-state index contributed by atoms with van der Waals surface area (Å²) in [6.45, 7) is 1.86. The second-order valence-electron chi connectivity index (χ2n) is 4.34. The molecule has 1 heterocycles. The number of ether oxygens (including phenoxy) is 1. The summed E-state index contributed by atoms with van der Waals surface area (Å²) in [6, 6.07) is 6.45. The monoisotopic (exact) mass is 289 g/mol. The minimum atomic E-state index is -3.51. The molecule has 0 atom stereocenters. The molecule has 1 aliphatic heterocycles. The van der Waals surface area contributed by atoms with Gasteiger partial charge in [0.1, 0.15) is 4.90 Å². The van der Waals surface area contributed by atoms with Crippen molar-refractivity contribution >= 4 is 21.6 Å². The topological polar surface area (TPSA) is 55.4 Å². The van der Waals surface area contributed by atoms with E-state index >= 15 is 0 Å². The number of hydrogen-bond donors (Lipinski definition) is 1. The van der Waals surface area contributed by atoms with Crippen LogP contribution in [0.2, 0.25) is 5.02 Å². The summed E-state index contributed by atoms with van der Waals surface area (Å²) in [5.41, 5.74) is 0. The molecule has 0 unspecified atom stereocenters. The Hall–Kier alpha value is -0.620. The molecule has 1 aromatic rings. The third kappa shape index (κ3) is 3.45. The van der Waals surface area contributed by atoms with Crippen molar-refractivity contribution < 1.29 is 13.2 Å². The highest BCUT2D eigenvalue weighted by atomic mass is 35.5. The van der Waals surface area contributed by atoms with Gasteiger partial charge in [0.15, 0.2) is 0 Å². The van der Waals surface area contributed by atoms with E-state index in [1.165, 1.54) is 6.07 Å². The van der Waals surface area contributed by atoms with E-state index in [-0.39, 0.29) is 9.92 Å². The molecule has 6 heteroatoms. The molecule has 0 aliphatic carbocycles. The minimum absolute atomic E-state index is 0.138. The molecule has 0 bridgehead atoms. The van der Waals surface area contributed by atoms with Crippen molar-refractivity contribution in [3.8, 4) is 0 Å². The predicted octanol–water partition coefficient (Wildman–Crippen LogP) is 2.04. The van der Waals surface area contributed by atoms with Gasteiger partial charge in [-0.25, -0.2) is 13.1 Å². The third-order valence-corrected chi connectivity index (χ3v) is 4.95. The van der Waals surface area contributed by atoms with E-state index in [2.05, 4.69) is 4.72 Å². The maximum atomic E-state index is 12.1. The van der Waals surface area contributed by atoms with E-state index in [0.29, 0.717) is 25.7 Å². The maximum Gasteiger partial charge on any atom is 0.242 e. The Labute approximate surface area is 112 Å². The number of halogens is 1. The molecule has 0 spiro atoms. The van der Waals surface area contributed by atoms with E-state index in [9.17, 15) is 8.42 Å². The zero-order valence-electron chi connectivity index (χ0n) is 9.93. The Balaban J connectivity index is 2.01. The Morgan fingerprint density at radius 2 is 1.94 bits per heavy atom. The summed E-state index contributed by atoms with van der Waals surface area (Å²) in [4.78, 5) is 0.138. The van der Waals surface area contributed by atoms with Gasteiger partial charge in [-0.1, -0.05) is 23.7 Å². The first-order chi connectivity index (χ1) is 8.59. The van der Waals surface area contributed by atoms with Gasteiger partial charge in [-0.15, -0.1) is 0 Å². The molecular weight excluding hydrogens is 274 g/mol. The van der Waals surface area contributed by atoms with E-state index in [4.69, 9.17) is 16.3 Å². The van der Waals surface area contributed by atoms with Crippen molar-refractivity contribution in [1.82, 2.24) is 4.72 Å². The van der Waals surface area contributed by atoms with Gasteiger partial charge < -0.3 is 4.74 Å². The first-order valence-electron chi connectivity index (χ1n) is 5.91. The van der Waals surface area contributed by atoms with Crippen LogP contribution in [0.25, 0.3) is 0 Å². The summed E-state index contributed by atoms with van der Waals surface area (Å²) >= 11 is 5.89. The molecule has 0 saturated carbocycles. The van der Waals surface area contributed by atoms with Crippen molar-refractivity contribution in [2.75, 3.05) is 19.8 Å². The maximum absolute atomic E-state index is 12.1. The summed E-state index contributed by atoms with van der Waals surface area (Å²) in [5, 5.41) is 0.247. The molecular formula is C12H16ClNO3S. The quantitative estimate of drug-likeness (QED) is 0.923. The largest absolute Gasteiger partial charge is 0.381 e. The molecule has 100 valence electrons. The highest BCUT2D eigenvalue weighted by Gasteiger charge is 2.20. The number of nitrogens with one attached hydrogen (secondary N) is 1. The SMILES string of the molecule is O=S(=O)(NCC1CCOCC1)c1ccccc1Cl. The first kappa shape index (κ1) is 13.8. The minimum Gasteiger partial charge on any atom is -0.381 e. The fraction of sp³-hybridized carbons (Fsp3) is 0.500. The van der Waals surface area contributed by atoms with Gasteiger partial charge in [0.2, 0.25) is 10.0 Å². The van der Waals surface area contributed by atoms with Crippen LogP contribution in [0.4, 0.5) is 0 Å². The molecule has 2 rings (SSSR count). The van der Waals surface area contributed by atoms with Crippen molar-refractivity contribution in [3.05, 3.63) is 29.3 Å². The highest BCUT2D eigenvalue weighted by molar-refractivity contribution is 7.89. The molecule has 1 saturated heterocycles. The van der Waals surface area contributed by atoms with Gasteiger partial charge >= 0.3 is 0 Å². The van der Waals surface area contributed by atoms with Gasteiger partial charge in [-0.05, 0) is 30.9 Å².